The Hall–Kier alpha value is -3.06. The molecule has 2 N–H and O–H groups in total. The van der Waals surface area contributed by atoms with Crippen molar-refractivity contribution in [2.24, 2.45) is 0 Å². The Balaban J connectivity index is 1.82. The zero-order valence-corrected chi connectivity index (χ0v) is 15.1. The van der Waals surface area contributed by atoms with Gasteiger partial charge in [0.25, 0.3) is 0 Å². The molecule has 3 aliphatic rings. The fourth-order valence-corrected chi connectivity index (χ4v) is 4.72. The van der Waals surface area contributed by atoms with E-state index in [2.05, 4.69) is 15.5 Å². The molecule has 138 valence electrons. The van der Waals surface area contributed by atoms with E-state index in [1.165, 1.54) is 0 Å². The van der Waals surface area contributed by atoms with Crippen LogP contribution in [0.4, 0.5) is 9.59 Å². The van der Waals surface area contributed by atoms with E-state index in [0.717, 1.165) is 17.7 Å². The van der Waals surface area contributed by atoms with Crippen LogP contribution >= 0.6 is 0 Å². The van der Waals surface area contributed by atoms with Gasteiger partial charge in [0.1, 0.15) is 0 Å². The number of urea groups is 2. The van der Waals surface area contributed by atoms with Gasteiger partial charge in [-0.3, -0.25) is 14.7 Å². The van der Waals surface area contributed by atoms with E-state index < -0.39 is 11.3 Å². The van der Waals surface area contributed by atoms with Gasteiger partial charge in [0.2, 0.25) is 0 Å². The van der Waals surface area contributed by atoms with Crippen molar-refractivity contribution in [1.82, 2.24) is 25.3 Å². The standard InChI is InChI=1S/C20H21N5O2/c1-2-23-13-24-17(26)21-19(15-9-5-3-6-10-15)20(24,16-11-7-4-8-12-16)25(14-23)18(27)22-19/h3-12H,2,13-14H2,1H3,(H,21,26)(H,22,27). The van der Waals surface area contributed by atoms with Gasteiger partial charge in [-0.2, -0.15) is 0 Å². The first-order valence-corrected chi connectivity index (χ1v) is 9.16. The van der Waals surface area contributed by atoms with Gasteiger partial charge in [0.15, 0.2) is 11.3 Å². The monoisotopic (exact) mass is 363 g/mol. The largest absolute Gasteiger partial charge is 0.322 e. The van der Waals surface area contributed by atoms with Crippen molar-refractivity contribution in [2.75, 3.05) is 19.9 Å². The predicted octanol–water partition coefficient (Wildman–Crippen LogP) is 1.99. The van der Waals surface area contributed by atoms with E-state index >= 15 is 0 Å². The average molecular weight is 363 g/mol. The van der Waals surface area contributed by atoms with Crippen LogP contribution in [0.2, 0.25) is 0 Å². The molecule has 27 heavy (non-hydrogen) atoms. The summed E-state index contributed by atoms with van der Waals surface area (Å²) in [5.41, 5.74) is -0.259. The maximum Gasteiger partial charge on any atom is 0.322 e. The first kappa shape index (κ1) is 16.1. The topological polar surface area (TPSA) is 67.9 Å². The molecule has 7 heteroatoms. The molecule has 0 unspecified atom stereocenters. The van der Waals surface area contributed by atoms with Crippen LogP contribution in [0.15, 0.2) is 60.7 Å². The highest BCUT2D eigenvalue weighted by Gasteiger charge is 2.75. The van der Waals surface area contributed by atoms with Gasteiger partial charge >= 0.3 is 12.1 Å². The lowest BCUT2D eigenvalue weighted by Gasteiger charge is -2.52. The summed E-state index contributed by atoms with van der Waals surface area (Å²) in [6.45, 7) is 3.69. The van der Waals surface area contributed by atoms with E-state index in [1.807, 2.05) is 67.6 Å². The fraction of sp³-hybridized carbons (Fsp3) is 0.300. The second-order valence-electron chi connectivity index (χ2n) is 7.14. The molecule has 4 amide bonds. The van der Waals surface area contributed by atoms with Crippen LogP contribution in [0.25, 0.3) is 0 Å². The number of hydrogen-bond acceptors (Lipinski definition) is 3. The van der Waals surface area contributed by atoms with Crippen LogP contribution in [0.5, 0.6) is 0 Å². The second kappa shape index (κ2) is 5.47. The molecule has 2 aromatic rings. The minimum atomic E-state index is -1.05. The molecule has 7 nitrogen and oxygen atoms in total. The summed E-state index contributed by atoms with van der Waals surface area (Å²) in [6.07, 6.45) is 0. The lowest BCUT2D eigenvalue weighted by atomic mass is 9.81. The third-order valence-electron chi connectivity index (χ3n) is 5.90. The van der Waals surface area contributed by atoms with Crippen molar-refractivity contribution in [2.45, 2.75) is 18.2 Å². The van der Waals surface area contributed by atoms with Crippen molar-refractivity contribution in [3.63, 3.8) is 0 Å². The maximum absolute atomic E-state index is 13.1. The Morgan fingerprint density at radius 2 is 1.30 bits per heavy atom. The molecule has 0 atom stereocenters. The van der Waals surface area contributed by atoms with Gasteiger partial charge in [-0.05, 0) is 6.54 Å². The zero-order chi connectivity index (χ0) is 18.6. The van der Waals surface area contributed by atoms with E-state index in [4.69, 9.17) is 0 Å². The van der Waals surface area contributed by atoms with Crippen LogP contribution in [-0.2, 0) is 11.3 Å². The summed E-state index contributed by atoms with van der Waals surface area (Å²) in [4.78, 5) is 31.9. The minimum Gasteiger partial charge on any atom is -0.307 e. The normalized spacial score (nSPS) is 29.5. The number of nitrogens with zero attached hydrogens (tertiary/aromatic N) is 3. The fourth-order valence-electron chi connectivity index (χ4n) is 4.72. The highest BCUT2D eigenvalue weighted by atomic mass is 16.2. The quantitative estimate of drug-likeness (QED) is 0.876. The van der Waals surface area contributed by atoms with E-state index in [0.29, 0.717) is 13.3 Å². The first-order valence-electron chi connectivity index (χ1n) is 9.16. The van der Waals surface area contributed by atoms with Gasteiger partial charge < -0.3 is 10.6 Å². The number of carbonyl (C=O) groups is 2. The van der Waals surface area contributed by atoms with Crippen molar-refractivity contribution in [1.29, 1.82) is 0 Å². The molecular weight excluding hydrogens is 342 g/mol. The van der Waals surface area contributed by atoms with Crippen LogP contribution in [0, 0.1) is 0 Å². The molecule has 2 aromatic carbocycles. The van der Waals surface area contributed by atoms with Crippen LogP contribution in [0.1, 0.15) is 18.1 Å². The first-order chi connectivity index (χ1) is 13.1. The lowest BCUT2D eigenvalue weighted by Crippen LogP contribution is -2.68. The SMILES string of the molecule is CCN1CN2C(=O)NC3(c4ccccc4)NC(=O)N(C1)C23c1ccccc1. The molecule has 5 rings (SSSR count). The number of amides is 4. The van der Waals surface area contributed by atoms with Crippen molar-refractivity contribution < 1.29 is 9.59 Å². The summed E-state index contributed by atoms with van der Waals surface area (Å²) >= 11 is 0. The van der Waals surface area contributed by atoms with E-state index in [-0.39, 0.29) is 12.1 Å². The maximum atomic E-state index is 13.1. The molecule has 3 fully saturated rings. The van der Waals surface area contributed by atoms with Gasteiger partial charge in [0.05, 0.1) is 13.3 Å². The molecular formula is C20H21N5O2. The number of benzene rings is 2. The van der Waals surface area contributed by atoms with Crippen molar-refractivity contribution >= 4 is 12.1 Å². The Morgan fingerprint density at radius 1 is 0.815 bits per heavy atom. The average Bonchev–Trinajstić information content (AvgIpc) is 3.13. The summed E-state index contributed by atoms with van der Waals surface area (Å²) < 4.78 is 0. The molecule has 0 spiro atoms. The number of nitrogens with one attached hydrogen (secondary N) is 2. The van der Waals surface area contributed by atoms with Crippen LogP contribution in [-0.4, -0.2) is 46.6 Å². The molecule has 3 heterocycles. The Bertz CT molecular complexity index is 873. The van der Waals surface area contributed by atoms with E-state index in [9.17, 15) is 9.59 Å². The summed E-state index contributed by atoms with van der Waals surface area (Å²) in [5, 5.41) is 6.24. The number of hydrogen-bond donors (Lipinski definition) is 2. The Kier molecular flexibility index (Phi) is 3.27. The molecule has 0 aliphatic carbocycles. The van der Waals surface area contributed by atoms with Gasteiger partial charge in [-0.15, -0.1) is 0 Å². The molecule has 0 bridgehead atoms. The van der Waals surface area contributed by atoms with Gasteiger partial charge in [0, 0.05) is 11.1 Å². The molecule has 3 saturated heterocycles. The molecule has 0 saturated carbocycles. The summed E-state index contributed by atoms with van der Waals surface area (Å²) in [5.74, 6) is 0. The number of rotatable bonds is 3. The molecule has 3 aliphatic heterocycles. The van der Waals surface area contributed by atoms with E-state index in [1.54, 1.807) is 9.80 Å². The Labute approximate surface area is 157 Å². The third kappa shape index (κ3) is 1.84. The van der Waals surface area contributed by atoms with Crippen LogP contribution in [0.3, 0.4) is 0 Å². The second-order valence-corrected chi connectivity index (χ2v) is 7.14. The highest BCUT2D eigenvalue weighted by Crippen LogP contribution is 2.54. The smallest absolute Gasteiger partial charge is 0.307 e. The zero-order valence-electron chi connectivity index (χ0n) is 15.1. The Morgan fingerprint density at radius 3 is 1.78 bits per heavy atom. The molecule has 0 aromatic heterocycles. The molecule has 0 radical (unpaired) electrons. The highest BCUT2D eigenvalue weighted by molar-refractivity contribution is 5.89. The van der Waals surface area contributed by atoms with Gasteiger partial charge in [-0.25, -0.2) is 9.59 Å². The van der Waals surface area contributed by atoms with Crippen LogP contribution < -0.4 is 10.6 Å². The van der Waals surface area contributed by atoms with Crippen molar-refractivity contribution in [3.05, 3.63) is 71.8 Å². The predicted molar refractivity (Wildman–Crippen MR) is 99.1 cm³/mol. The number of carbonyl (C=O) groups excluding carboxylic acids is 2. The summed E-state index contributed by atoms with van der Waals surface area (Å²) in [7, 11) is 0. The van der Waals surface area contributed by atoms with Crippen molar-refractivity contribution in [3.8, 4) is 0 Å². The minimum absolute atomic E-state index is 0.189. The lowest BCUT2D eigenvalue weighted by molar-refractivity contribution is -0.105. The van der Waals surface area contributed by atoms with Gasteiger partial charge in [-0.1, -0.05) is 67.6 Å². The third-order valence-corrected chi connectivity index (χ3v) is 5.90. The summed E-state index contributed by atoms with van der Waals surface area (Å²) in [6, 6.07) is 19.1.